The first-order chi connectivity index (χ1) is 8.81. The van der Waals surface area contributed by atoms with E-state index >= 15 is 0 Å². The van der Waals surface area contributed by atoms with Crippen molar-refractivity contribution in [1.29, 1.82) is 0 Å². The number of thiazole rings is 1. The Morgan fingerprint density at radius 1 is 1.28 bits per heavy atom. The summed E-state index contributed by atoms with van der Waals surface area (Å²) in [5, 5.41) is 1.20. The summed E-state index contributed by atoms with van der Waals surface area (Å²) in [6.45, 7) is 0.788. The van der Waals surface area contributed by atoms with Crippen molar-refractivity contribution in [3.8, 4) is 0 Å². The van der Waals surface area contributed by atoms with Crippen LogP contribution in [0.4, 0.5) is 0 Å². The molecule has 4 heteroatoms. The van der Waals surface area contributed by atoms with Crippen molar-refractivity contribution in [2.45, 2.75) is 38.5 Å². The quantitative estimate of drug-likeness (QED) is 0.923. The van der Waals surface area contributed by atoms with E-state index < -0.39 is 0 Å². The molecule has 18 heavy (non-hydrogen) atoms. The summed E-state index contributed by atoms with van der Waals surface area (Å²) in [5.74, 6) is 0. The summed E-state index contributed by atoms with van der Waals surface area (Å²) in [7, 11) is 0. The van der Waals surface area contributed by atoms with Gasteiger partial charge in [-0.2, -0.15) is 0 Å². The molecular formula is C14H19N3S. The highest BCUT2D eigenvalue weighted by molar-refractivity contribution is 7.18. The molecule has 1 fully saturated rings. The zero-order valence-electron chi connectivity index (χ0n) is 10.6. The molecule has 2 aromatic heterocycles. The lowest BCUT2D eigenvalue weighted by molar-refractivity contribution is 0.197. The Balaban J connectivity index is 1.85. The fourth-order valence-corrected chi connectivity index (χ4v) is 4.04. The number of hydrogen-bond acceptors (Lipinski definition) is 4. The van der Waals surface area contributed by atoms with Crippen LogP contribution < -0.4 is 5.73 Å². The summed E-state index contributed by atoms with van der Waals surface area (Å²) in [6, 6.07) is 3.99. The van der Waals surface area contributed by atoms with Crippen LogP contribution in [-0.2, 0) is 6.42 Å². The number of fused-ring (bicyclic) bond motifs is 1. The molecular weight excluding hydrogens is 242 g/mol. The molecule has 0 saturated heterocycles. The SMILES string of the molecule is NCC1(Cc2nc3cccnc3s2)CCCCC1. The van der Waals surface area contributed by atoms with Gasteiger partial charge in [0.05, 0.1) is 5.01 Å². The topological polar surface area (TPSA) is 51.8 Å². The lowest BCUT2D eigenvalue weighted by Gasteiger charge is -2.35. The molecule has 0 atom stereocenters. The minimum absolute atomic E-state index is 0.298. The van der Waals surface area contributed by atoms with E-state index in [9.17, 15) is 0 Å². The highest BCUT2D eigenvalue weighted by atomic mass is 32.1. The van der Waals surface area contributed by atoms with Gasteiger partial charge in [-0.05, 0) is 36.9 Å². The van der Waals surface area contributed by atoms with Gasteiger partial charge in [0, 0.05) is 12.6 Å². The van der Waals surface area contributed by atoms with E-state index in [0.29, 0.717) is 5.41 Å². The average molecular weight is 261 g/mol. The highest BCUT2D eigenvalue weighted by Gasteiger charge is 2.31. The normalized spacial score (nSPS) is 19.2. The Morgan fingerprint density at radius 2 is 2.11 bits per heavy atom. The van der Waals surface area contributed by atoms with Gasteiger partial charge in [0.1, 0.15) is 10.3 Å². The minimum Gasteiger partial charge on any atom is -0.330 e. The lowest BCUT2D eigenvalue weighted by Crippen LogP contribution is -2.34. The fraction of sp³-hybridized carbons (Fsp3) is 0.571. The van der Waals surface area contributed by atoms with E-state index in [-0.39, 0.29) is 0 Å². The minimum atomic E-state index is 0.298. The van der Waals surface area contributed by atoms with E-state index in [4.69, 9.17) is 10.7 Å². The molecule has 0 unspecified atom stereocenters. The van der Waals surface area contributed by atoms with E-state index in [0.717, 1.165) is 23.3 Å². The van der Waals surface area contributed by atoms with E-state index in [2.05, 4.69) is 4.98 Å². The molecule has 0 amide bonds. The van der Waals surface area contributed by atoms with Gasteiger partial charge in [0.15, 0.2) is 0 Å². The summed E-state index contributed by atoms with van der Waals surface area (Å²) in [6.07, 6.45) is 9.39. The van der Waals surface area contributed by atoms with Gasteiger partial charge in [-0.25, -0.2) is 9.97 Å². The van der Waals surface area contributed by atoms with E-state index in [1.807, 2.05) is 18.3 Å². The molecule has 1 aliphatic rings. The summed E-state index contributed by atoms with van der Waals surface area (Å²) in [5.41, 5.74) is 7.37. The molecule has 0 bridgehead atoms. The van der Waals surface area contributed by atoms with Gasteiger partial charge in [-0.1, -0.05) is 30.6 Å². The maximum Gasteiger partial charge on any atom is 0.143 e. The maximum atomic E-state index is 6.04. The fourth-order valence-electron chi connectivity index (χ4n) is 2.97. The van der Waals surface area contributed by atoms with E-state index in [1.54, 1.807) is 11.3 Å². The monoisotopic (exact) mass is 261 g/mol. The van der Waals surface area contributed by atoms with Crippen LogP contribution in [0.15, 0.2) is 18.3 Å². The Bertz CT molecular complexity index is 496. The molecule has 0 radical (unpaired) electrons. The first-order valence-corrected chi connectivity index (χ1v) is 7.54. The second kappa shape index (κ2) is 4.94. The Labute approximate surface area is 111 Å². The number of aromatic nitrogens is 2. The van der Waals surface area contributed by atoms with Crippen molar-refractivity contribution in [3.63, 3.8) is 0 Å². The van der Waals surface area contributed by atoms with Gasteiger partial charge in [0.2, 0.25) is 0 Å². The van der Waals surface area contributed by atoms with Crippen LogP contribution in [0.3, 0.4) is 0 Å². The summed E-state index contributed by atoms with van der Waals surface area (Å²) >= 11 is 1.73. The van der Waals surface area contributed by atoms with Crippen LogP contribution in [0.25, 0.3) is 10.3 Å². The molecule has 0 spiro atoms. The Hall–Kier alpha value is -1.00. The van der Waals surface area contributed by atoms with Gasteiger partial charge < -0.3 is 5.73 Å². The molecule has 3 nitrogen and oxygen atoms in total. The molecule has 0 aliphatic heterocycles. The number of pyridine rings is 1. The number of nitrogens with two attached hydrogens (primary N) is 1. The van der Waals surface area contributed by atoms with Gasteiger partial charge >= 0.3 is 0 Å². The third-order valence-corrected chi connectivity index (χ3v) is 5.06. The van der Waals surface area contributed by atoms with Gasteiger partial charge in [0.25, 0.3) is 0 Å². The molecule has 2 heterocycles. The van der Waals surface area contributed by atoms with Crippen molar-refractivity contribution < 1.29 is 0 Å². The van der Waals surface area contributed by atoms with Crippen LogP contribution in [-0.4, -0.2) is 16.5 Å². The largest absolute Gasteiger partial charge is 0.330 e. The third-order valence-electron chi connectivity index (χ3n) is 4.08. The Kier molecular flexibility index (Phi) is 3.31. The van der Waals surface area contributed by atoms with Crippen molar-refractivity contribution in [2.75, 3.05) is 6.54 Å². The molecule has 2 N–H and O–H groups in total. The molecule has 0 aromatic carbocycles. The first kappa shape index (κ1) is 12.1. The van der Waals surface area contributed by atoms with Crippen molar-refractivity contribution in [1.82, 2.24) is 9.97 Å². The highest BCUT2D eigenvalue weighted by Crippen LogP contribution is 2.39. The molecule has 1 aliphatic carbocycles. The zero-order valence-corrected chi connectivity index (χ0v) is 11.4. The second-order valence-electron chi connectivity index (χ2n) is 5.38. The first-order valence-electron chi connectivity index (χ1n) is 6.72. The Morgan fingerprint density at radius 3 is 2.83 bits per heavy atom. The smallest absolute Gasteiger partial charge is 0.143 e. The van der Waals surface area contributed by atoms with E-state index in [1.165, 1.54) is 37.1 Å². The van der Waals surface area contributed by atoms with Crippen LogP contribution in [0.2, 0.25) is 0 Å². The molecule has 2 aromatic rings. The van der Waals surface area contributed by atoms with Crippen LogP contribution in [0, 0.1) is 5.41 Å². The number of hydrogen-bond donors (Lipinski definition) is 1. The van der Waals surface area contributed by atoms with Crippen molar-refractivity contribution in [3.05, 3.63) is 23.3 Å². The van der Waals surface area contributed by atoms with Crippen LogP contribution >= 0.6 is 11.3 Å². The number of rotatable bonds is 3. The number of nitrogens with zero attached hydrogens (tertiary/aromatic N) is 2. The summed E-state index contributed by atoms with van der Waals surface area (Å²) in [4.78, 5) is 10.1. The zero-order chi connectivity index (χ0) is 12.4. The van der Waals surface area contributed by atoms with Gasteiger partial charge in [-0.3, -0.25) is 0 Å². The predicted molar refractivity (Wildman–Crippen MR) is 75.7 cm³/mol. The maximum absolute atomic E-state index is 6.04. The van der Waals surface area contributed by atoms with Crippen LogP contribution in [0.5, 0.6) is 0 Å². The predicted octanol–water partition coefficient (Wildman–Crippen LogP) is 3.14. The molecule has 1 saturated carbocycles. The average Bonchev–Trinajstić information content (AvgIpc) is 2.81. The molecule has 96 valence electrons. The van der Waals surface area contributed by atoms with Gasteiger partial charge in [-0.15, -0.1) is 0 Å². The van der Waals surface area contributed by atoms with Crippen LogP contribution in [0.1, 0.15) is 37.1 Å². The van der Waals surface area contributed by atoms with Crippen molar-refractivity contribution in [2.24, 2.45) is 11.1 Å². The molecule has 3 rings (SSSR count). The lowest BCUT2D eigenvalue weighted by atomic mass is 9.72. The second-order valence-corrected chi connectivity index (χ2v) is 6.44. The summed E-state index contributed by atoms with van der Waals surface area (Å²) < 4.78 is 0. The van der Waals surface area contributed by atoms with Crippen molar-refractivity contribution >= 4 is 21.7 Å². The standard InChI is InChI=1S/C14H19N3S/c15-10-14(6-2-1-3-7-14)9-12-17-11-5-4-8-16-13(11)18-12/h4-5,8H,1-3,6-7,9-10,15H2. The third kappa shape index (κ3) is 2.27.